The number of aryl methyl sites for hydroxylation is 1. The lowest BCUT2D eigenvalue weighted by Crippen LogP contribution is -2.34. The van der Waals surface area contributed by atoms with E-state index in [1.54, 1.807) is 6.92 Å². The van der Waals surface area contributed by atoms with E-state index in [1.165, 1.54) is 0 Å². The number of nitrogens with zero attached hydrogens (tertiary/aromatic N) is 3. The Morgan fingerprint density at radius 2 is 2.28 bits per heavy atom. The molecule has 98 valence electrons. The molecule has 1 fully saturated rings. The maximum Gasteiger partial charge on any atom is 0.341 e. The normalized spacial score (nSPS) is 20.9. The van der Waals surface area contributed by atoms with Crippen molar-refractivity contribution in [3.05, 3.63) is 17.1 Å². The number of rotatable bonds is 2. The fourth-order valence-electron chi connectivity index (χ4n) is 1.99. The van der Waals surface area contributed by atoms with Crippen LogP contribution < -0.4 is 5.73 Å². The van der Waals surface area contributed by atoms with Gasteiger partial charge in [0.05, 0.1) is 11.7 Å². The van der Waals surface area contributed by atoms with Crippen LogP contribution >= 0.6 is 11.8 Å². The first kappa shape index (κ1) is 13.1. The molecule has 1 aliphatic rings. The number of aromatic nitrogens is 2. The standard InChI is InChI=1S/C11H16N4O2S/c1-6-8(11(16)17)9(12)14-10(13-6)7-5-18-4-3-15(7)2/h7H,3-5H2,1-2H3,(H,16,17)(H2,12,13,14). The van der Waals surface area contributed by atoms with Crippen molar-refractivity contribution in [3.8, 4) is 0 Å². The van der Waals surface area contributed by atoms with E-state index in [0.29, 0.717) is 11.5 Å². The topological polar surface area (TPSA) is 92.3 Å². The van der Waals surface area contributed by atoms with Crippen molar-refractivity contribution >= 4 is 23.5 Å². The van der Waals surface area contributed by atoms with Gasteiger partial charge in [0.15, 0.2) is 0 Å². The molecule has 0 radical (unpaired) electrons. The quantitative estimate of drug-likeness (QED) is 0.819. The molecule has 1 aliphatic heterocycles. The van der Waals surface area contributed by atoms with Crippen molar-refractivity contribution in [2.45, 2.75) is 13.0 Å². The summed E-state index contributed by atoms with van der Waals surface area (Å²) in [7, 11) is 2.02. The van der Waals surface area contributed by atoms with Crippen LogP contribution in [-0.4, -0.2) is 51.0 Å². The van der Waals surface area contributed by atoms with Crippen LogP contribution in [0.5, 0.6) is 0 Å². The first-order valence-electron chi connectivity index (χ1n) is 5.66. The monoisotopic (exact) mass is 268 g/mol. The molecule has 3 N–H and O–H groups in total. The highest BCUT2D eigenvalue weighted by atomic mass is 32.2. The van der Waals surface area contributed by atoms with E-state index in [1.807, 2.05) is 18.8 Å². The zero-order valence-corrected chi connectivity index (χ0v) is 11.2. The highest BCUT2D eigenvalue weighted by molar-refractivity contribution is 7.99. The average molecular weight is 268 g/mol. The summed E-state index contributed by atoms with van der Waals surface area (Å²) >= 11 is 1.85. The van der Waals surface area contributed by atoms with E-state index in [0.717, 1.165) is 18.1 Å². The first-order valence-corrected chi connectivity index (χ1v) is 6.81. The number of anilines is 1. The fourth-order valence-corrected chi connectivity index (χ4v) is 3.20. The van der Waals surface area contributed by atoms with Crippen molar-refractivity contribution in [2.75, 3.05) is 30.8 Å². The molecule has 0 aromatic carbocycles. The maximum absolute atomic E-state index is 11.0. The molecular weight excluding hydrogens is 252 g/mol. The number of hydrogen-bond acceptors (Lipinski definition) is 6. The average Bonchev–Trinajstić information content (AvgIpc) is 2.27. The molecule has 1 aromatic rings. The van der Waals surface area contributed by atoms with Crippen LogP contribution in [0, 0.1) is 6.92 Å². The molecule has 1 saturated heterocycles. The molecule has 0 amide bonds. The first-order chi connectivity index (χ1) is 8.50. The van der Waals surface area contributed by atoms with Gasteiger partial charge in [-0.05, 0) is 14.0 Å². The zero-order chi connectivity index (χ0) is 13.3. The van der Waals surface area contributed by atoms with E-state index >= 15 is 0 Å². The molecule has 1 unspecified atom stereocenters. The predicted octanol–water partition coefficient (Wildman–Crippen LogP) is 0.785. The number of aromatic carboxylic acids is 1. The second-order valence-corrected chi connectivity index (χ2v) is 5.45. The SMILES string of the molecule is Cc1nc(C2CSCCN2C)nc(N)c1C(=O)O. The largest absolute Gasteiger partial charge is 0.477 e. The summed E-state index contributed by atoms with van der Waals surface area (Å²) in [4.78, 5) is 21.7. The lowest BCUT2D eigenvalue weighted by Gasteiger charge is -2.31. The Morgan fingerprint density at radius 3 is 2.83 bits per heavy atom. The maximum atomic E-state index is 11.0. The summed E-state index contributed by atoms with van der Waals surface area (Å²) in [5, 5.41) is 9.03. The summed E-state index contributed by atoms with van der Waals surface area (Å²) in [6, 6.07) is 0.104. The minimum absolute atomic E-state index is 0.00451. The van der Waals surface area contributed by atoms with Crippen molar-refractivity contribution in [3.63, 3.8) is 0 Å². The number of nitrogen functional groups attached to an aromatic ring is 1. The number of thioether (sulfide) groups is 1. The second-order valence-electron chi connectivity index (χ2n) is 4.30. The lowest BCUT2D eigenvalue weighted by molar-refractivity contribution is 0.0696. The number of carbonyl (C=O) groups is 1. The number of hydrogen-bond donors (Lipinski definition) is 2. The van der Waals surface area contributed by atoms with E-state index in [-0.39, 0.29) is 17.4 Å². The Morgan fingerprint density at radius 1 is 1.56 bits per heavy atom. The molecule has 1 atom stereocenters. The van der Waals surface area contributed by atoms with Crippen molar-refractivity contribution in [1.82, 2.24) is 14.9 Å². The van der Waals surface area contributed by atoms with Crippen LogP contribution in [0.4, 0.5) is 5.82 Å². The van der Waals surface area contributed by atoms with Gasteiger partial charge >= 0.3 is 5.97 Å². The van der Waals surface area contributed by atoms with Gasteiger partial charge in [-0.1, -0.05) is 0 Å². The van der Waals surface area contributed by atoms with Gasteiger partial charge in [0, 0.05) is 18.1 Å². The Hall–Kier alpha value is -1.34. The van der Waals surface area contributed by atoms with Gasteiger partial charge in [-0.15, -0.1) is 0 Å². The Balaban J connectivity index is 2.38. The molecule has 1 aromatic heterocycles. The fraction of sp³-hybridized carbons (Fsp3) is 0.545. The summed E-state index contributed by atoms with van der Waals surface area (Å²) in [5.74, 6) is 1.58. The molecule has 18 heavy (non-hydrogen) atoms. The Labute approximate surface area is 110 Å². The van der Waals surface area contributed by atoms with Gasteiger partial charge in [-0.25, -0.2) is 14.8 Å². The number of nitrogens with two attached hydrogens (primary N) is 1. The van der Waals surface area contributed by atoms with Crippen LogP contribution in [-0.2, 0) is 0 Å². The Bertz CT molecular complexity index is 457. The zero-order valence-electron chi connectivity index (χ0n) is 10.4. The smallest absolute Gasteiger partial charge is 0.341 e. The number of carboxylic acid groups (broad SMARTS) is 1. The third-order valence-corrected chi connectivity index (χ3v) is 4.07. The predicted molar refractivity (Wildman–Crippen MR) is 70.8 cm³/mol. The molecule has 2 rings (SSSR count). The van der Waals surface area contributed by atoms with E-state index in [9.17, 15) is 4.79 Å². The minimum Gasteiger partial charge on any atom is -0.477 e. The van der Waals surface area contributed by atoms with Gasteiger partial charge in [-0.2, -0.15) is 11.8 Å². The molecule has 0 saturated carbocycles. The molecule has 0 spiro atoms. The molecule has 6 nitrogen and oxygen atoms in total. The van der Waals surface area contributed by atoms with Crippen LogP contribution in [0.25, 0.3) is 0 Å². The van der Waals surface area contributed by atoms with Gasteiger partial charge in [0.2, 0.25) is 0 Å². The minimum atomic E-state index is -1.08. The summed E-state index contributed by atoms with van der Waals surface area (Å²) in [5.41, 5.74) is 6.15. The van der Waals surface area contributed by atoms with Crippen LogP contribution in [0.15, 0.2) is 0 Å². The molecule has 0 aliphatic carbocycles. The molecule has 2 heterocycles. The third kappa shape index (κ3) is 2.41. The van der Waals surface area contributed by atoms with Gasteiger partial charge in [0.1, 0.15) is 17.2 Å². The molecule has 7 heteroatoms. The van der Waals surface area contributed by atoms with E-state index in [2.05, 4.69) is 14.9 Å². The van der Waals surface area contributed by atoms with E-state index < -0.39 is 5.97 Å². The van der Waals surface area contributed by atoms with Gasteiger partial charge in [0.25, 0.3) is 0 Å². The second kappa shape index (κ2) is 5.11. The highest BCUT2D eigenvalue weighted by Crippen LogP contribution is 2.27. The Kier molecular flexibility index (Phi) is 3.72. The van der Waals surface area contributed by atoms with Gasteiger partial charge < -0.3 is 10.8 Å². The summed E-state index contributed by atoms with van der Waals surface area (Å²) in [6.45, 7) is 2.62. The summed E-state index contributed by atoms with van der Waals surface area (Å²) in [6.07, 6.45) is 0. The van der Waals surface area contributed by atoms with Crippen LogP contribution in [0.3, 0.4) is 0 Å². The molecular formula is C11H16N4O2S. The van der Waals surface area contributed by atoms with Crippen molar-refractivity contribution in [2.24, 2.45) is 0 Å². The van der Waals surface area contributed by atoms with Crippen LogP contribution in [0.1, 0.15) is 27.9 Å². The van der Waals surface area contributed by atoms with Crippen LogP contribution in [0.2, 0.25) is 0 Å². The molecule has 0 bridgehead atoms. The number of carboxylic acids is 1. The van der Waals surface area contributed by atoms with Crippen molar-refractivity contribution in [1.29, 1.82) is 0 Å². The summed E-state index contributed by atoms with van der Waals surface area (Å²) < 4.78 is 0. The van der Waals surface area contributed by atoms with Crippen molar-refractivity contribution < 1.29 is 9.90 Å². The van der Waals surface area contributed by atoms with E-state index in [4.69, 9.17) is 10.8 Å². The van der Waals surface area contributed by atoms with Gasteiger partial charge in [-0.3, -0.25) is 4.90 Å². The third-order valence-electron chi connectivity index (χ3n) is 3.04. The highest BCUT2D eigenvalue weighted by Gasteiger charge is 2.26. The lowest BCUT2D eigenvalue weighted by atomic mass is 10.2.